The lowest BCUT2D eigenvalue weighted by molar-refractivity contribution is 0.0953. The van der Waals surface area contributed by atoms with Crippen LogP contribution in [-0.4, -0.2) is 38.2 Å². The van der Waals surface area contributed by atoms with E-state index in [1.165, 1.54) is 11.1 Å². The first-order valence-electron chi connectivity index (χ1n) is 13.9. The number of hydrogen-bond donors (Lipinski definition) is 4. The molecule has 0 radical (unpaired) electrons. The average molecular weight is 553 g/mol. The Bertz CT molecular complexity index is 1220. The second kappa shape index (κ2) is 14.0. The van der Waals surface area contributed by atoms with Crippen LogP contribution >= 0.6 is 11.6 Å². The number of rotatable bonds is 12. The number of furan rings is 1. The van der Waals surface area contributed by atoms with Crippen molar-refractivity contribution in [3.8, 4) is 17.1 Å². The summed E-state index contributed by atoms with van der Waals surface area (Å²) in [7, 11) is 1.58. The van der Waals surface area contributed by atoms with Crippen LogP contribution in [0.1, 0.15) is 72.7 Å². The second-order valence-corrected chi connectivity index (χ2v) is 11.0. The number of halogens is 1. The van der Waals surface area contributed by atoms with Gasteiger partial charge < -0.3 is 30.8 Å². The second-order valence-electron chi connectivity index (χ2n) is 10.6. The van der Waals surface area contributed by atoms with E-state index in [0.29, 0.717) is 65.3 Å². The fourth-order valence-electron chi connectivity index (χ4n) is 4.93. The van der Waals surface area contributed by atoms with Gasteiger partial charge in [0, 0.05) is 37.8 Å². The molecule has 1 heterocycles. The molecule has 0 aliphatic heterocycles. The fourth-order valence-corrected chi connectivity index (χ4v) is 5.17. The largest absolute Gasteiger partial charge is 0.496 e. The minimum Gasteiger partial charge on any atom is -0.496 e. The molecule has 0 unspecified atom stereocenters. The molecule has 7 nitrogen and oxygen atoms in total. The Morgan fingerprint density at radius 2 is 1.79 bits per heavy atom. The molecule has 1 aliphatic carbocycles. The molecule has 1 amide bonds. The van der Waals surface area contributed by atoms with Gasteiger partial charge in [-0.25, -0.2) is 0 Å². The Balaban J connectivity index is 1.33. The lowest BCUT2D eigenvalue weighted by Gasteiger charge is -2.26. The van der Waals surface area contributed by atoms with Gasteiger partial charge in [0.2, 0.25) is 0 Å². The van der Waals surface area contributed by atoms with E-state index in [4.69, 9.17) is 26.5 Å². The maximum atomic E-state index is 13.0. The Kier molecular flexibility index (Phi) is 10.5. The molecule has 39 heavy (non-hydrogen) atoms. The Morgan fingerprint density at radius 3 is 2.49 bits per heavy atom. The zero-order chi connectivity index (χ0) is 27.8. The van der Waals surface area contributed by atoms with Gasteiger partial charge in [0.05, 0.1) is 29.8 Å². The normalized spacial score (nSPS) is 17.4. The monoisotopic (exact) mass is 552 g/mol. The summed E-state index contributed by atoms with van der Waals surface area (Å²) >= 11 is 6.46. The van der Waals surface area contributed by atoms with E-state index in [1.54, 1.807) is 19.2 Å². The summed E-state index contributed by atoms with van der Waals surface area (Å²) in [5, 5.41) is 10.2. The average Bonchev–Trinajstić information content (AvgIpc) is 3.40. The van der Waals surface area contributed by atoms with Gasteiger partial charge in [0.15, 0.2) is 0 Å². The predicted octanol–water partition coefficient (Wildman–Crippen LogP) is 5.61. The Morgan fingerprint density at radius 1 is 1.05 bits per heavy atom. The Labute approximate surface area is 236 Å². The van der Waals surface area contributed by atoms with Crippen molar-refractivity contribution in [1.29, 1.82) is 0 Å². The number of nitrogens with two attached hydrogens (primary N) is 1. The smallest absolute Gasteiger partial charge is 0.252 e. The van der Waals surface area contributed by atoms with Crippen LogP contribution in [0.25, 0.3) is 11.3 Å². The number of nitrogens with one attached hydrogen (secondary N) is 3. The summed E-state index contributed by atoms with van der Waals surface area (Å²) in [5.41, 5.74) is 9.61. The van der Waals surface area contributed by atoms with Crippen LogP contribution in [0.5, 0.6) is 5.75 Å². The highest BCUT2D eigenvalue weighted by Gasteiger charge is 2.20. The fraction of sp³-hybridized carbons (Fsp3) is 0.452. The van der Waals surface area contributed by atoms with Gasteiger partial charge in [-0.2, -0.15) is 0 Å². The molecule has 1 aromatic heterocycles. The topological polar surface area (TPSA) is 102 Å². The van der Waals surface area contributed by atoms with Crippen LogP contribution in [-0.2, 0) is 13.1 Å². The molecule has 210 valence electrons. The number of benzene rings is 2. The first-order valence-corrected chi connectivity index (χ1v) is 14.2. The van der Waals surface area contributed by atoms with Crippen molar-refractivity contribution in [3.63, 3.8) is 0 Å². The lowest BCUT2D eigenvalue weighted by Crippen LogP contribution is -2.41. The highest BCUT2D eigenvalue weighted by Crippen LogP contribution is 2.36. The third kappa shape index (κ3) is 8.08. The lowest BCUT2D eigenvalue weighted by atomic mass is 9.92. The summed E-state index contributed by atoms with van der Waals surface area (Å²) in [4.78, 5) is 13.0. The van der Waals surface area contributed by atoms with Crippen molar-refractivity contribution in [3.05, 3.63) is 76.0 Å². The molecule has 1 saturated carbocycles. The van der Waals surface area contributed by atoms with Crippen LogP contribution in [0.3, 0.4) is 0 Å². The zero-order valence-corrected chi connectivity index (χ0v) is 23.9. The predicted molar refractivity (Wildman–Crippen MR) is 157 cm³/mol. The number of ether oxygens (including phenoxy) is 1. The molecular formula is C31H41ClN4O3. The molecule has 8 heteroatoms. The van der Waals surface area contributed by atoms with Gasteiger partial charge in [0.25, 0.3) is 5.91 Å². The number of methoxy groups -OCH3 is 1. The third-order valence-electron chi connectivity index (χ3n) is 7.35. The molecule has 1 aliphatic rings. The molecular weight excluding hydrogens is 512 g/mol. The first kappa shape index (κ1) is 29.2. The van der Waals surface area contributed by atoms with Crippen LogP contribution in [0.4, 0.5) is 0 Å². The van der Waals surface area contributed by atoms with E-state index in [1.807, 2.05) is 12.1 Å². The van der Waals surface area contributed by atoms with Crippen LogP contribution in [0.15, 0.2) is 52.9 Å². The summed E-state index contributed by atoms with van der Waals surface area (Å²) in [5.74, 6) is 2.25. The van der Waals surface area contributed by atoms with Crippen LogP contribution in [0, 0.1) is 0 Å². The number of amides is 1. The van der Waals surface area contributed by atoms with Gasteiger partial charge in [0.1, 0.15) is 17.3 Å². The molecule has 0 bridgehead atoms. The van der Waals surface area contributed by atoms with Gasteiger partial charge in [-0.3, -0.25) is 4.79 Å². The van der Waals surface area contributed by atoms with Crippen molar-refractivity contribution in [1.82, 2.24) is 16.0 Å². The van der Waals surface area contributed by atoms with Crippen molar-refractivity contribution in [2.75, 3.05) is 20.2 Å². The van der Waals surface area contributed by atoms with Crippen molar-refractivity contribution >= 4 is 17.5 Å². The SMILES string of the molecule is COc1cc(Cl)c(C(=O)NCCN[C@H]2CC[C@@H](N)CC2)cc1-c1ccc(CNCc2ccc(C(C)C)cc2)o1. The van der Waals surface area contributed by atoms with E-state index >= 15 is 0 Å². The first-order chi connectivity index (χ1) is 18.8. The third-order valence-corrected chi connectivity index (χ3v) is 7.66. The standard InChI is InChI=1S/C31H41ClN4O3/c1-20(2)22-6-4-21(5-7-22)18-34-19-25-12-13-29(39-25)27-16-26(28(32)17-30(27)38-3)31(37)36-15-14-35-24-10-8-23(33)9-11-24/h4-7,12-13,16-17,20,23-24,34-35H,8-11,14-15,18-19,33H2,1-3H3,(H,36,37)/t23-,24+. The molecule has 0 spiro atoms. The highest BCUT2D eigenvalue weighted by atomic mass is 35.5. The molecule has 4 rings (SSSR count). The minimum absolute atomic E-state index is 0.228. The van der Waals surface area contributed by atoms with Gasteiger partial charge in [-0.15, -0.1) is 0 Å². The minimum atomic E-state index is -0.228. The number of carbonyl (C=O) groups excluding carboxylic acids is 1. The van der Waals surface area contributed by atoms with Crippen molar-refractivity contribution < 1.29 is 13.9 Å². The summed E-state index contributed by atoms with van der Waals surface area (Å²) in [6.45, 7) is 6.92. The van der Waals surface area contributed by atoms with Crippen LogP contribution in [0.2, 0.25) is 5.02 Å². The quantitative estimate of drug-likeness (QED) is 0.218. The summed E-state index contributed by atoms with van der Waals surface area (Å²) in [6.07, 6.45) is 4.25. The van der Waals surface area contributed by atoms with E-state index in [-0.39, 0.29) is 5.91 Å². The maximum absolute atomic E-state index is 13.0. The molecule has 5 N–H and O–H groups in total. The van der Waals surface area contributed by atoms with E-state index < -0.39 is 0 Å². The van der Waals surface area contributed by atoms with E-state index in [0.717, 1.165) is 38.0 Å². The summed E-state index contributed by atoms with van der Waals surface area (Å²) < 4.78 is 11.7. The van der Waals surface area contributed by atoms with Gasteiger partial charge in [-0.1, -0.05) is 49.7 Å². The molecule has 2 aromatic carbocycles. The van der Waals surface area contributed by atoms with Gasteiger partial charge >= 0.3 is 0 Å². The number of carbonyl (C=O) groups is 1. The van der Waals surface area contributed by atoms with Crippen LogP contribution < -0.4 is 26.4 Å². The Hall–Kier alpha value is -2.84. The molecule has 0 atom stereocenters. The van der Waals surface area contributed by atoms with Crippen molar-refractivity contribution in [2.45, 2.75) is 70.6 Å². The van der Waals surface area contributed by atoms with Crippen molar-refractivity contribution in [2.24, 2.45) is 5.73 Å². The molecule has 1 fully saturated rings. The maximum Gasteiger partial charge on any atom is 0.252 e. The van der Waals surface area contributed by atoms with Gasteiger partial charge in [-0.05, 0) is 60.9 Å². The number of hydrogen-bond acceptors (Lipinski definition) is 6. The van der Waals surface area contributed by atoms with E-state index in [2.05, 4.69) is 54.1 Å². The summed E-state index contributed by atoms with van der Waals surface area (Å²) in [6, 6.07) is 16.7. The zero-order valence-electron chi connectivity index (χ0n) is 23.2. The molecule has 3 aromatic rings. The van der Waals surface area contributed by atoms with E-state index in [9.17, 15) is 4.79 Å². The molecule has 0 saturated heterocycles. The highest BCUT2D eigenvalue weighted by molar-refractivity contribution is 6.34.